The lowest BCUT2D eigenvalue weighted by atomic mass is 10.0. The minimum atomic E-state index is 0.563. The Morgan fingerprint density at radius 2 is 1.53 bits per heavy atom. The Kier molecular flexibility index (Phi) is 5.04. The zero-order valence-corrected chi connectivity index (χ0v) is 12.2. The lowest BCUT2D eigenvalue weighted by molar-refractivity contribution is 0.550. The Hall–Kier alpha value is -0.980. The highest BCUT2D eigenvalue weighted by molar-refractivity contribution is 5.59. The van der Waals surface area contributed by atoms with E-state index in [-0.39, 0.29) is 0 Å². The van der Waals surface area contributed by atoms with Gasteiger partial charge in [0.05, 0.1) is 0 Å². The van der Waals surface area contributed by atoms with Gasteiger partial charge in [0.1, 0.15) is 0 Å². The standard InChI is InChI=1S/C16H27N/c1-12(2)10-11-17(13(3)4)16-14(5)8-7-9-15(16)6/h7-9,12-13H,10-11H2,1-6H3. The number of nitrogens with zero attached hydrogens (tertiary/aromatic N) is 1. The van der Waals surface area contributed by atoms with Crippen LogP contribution in [0.4, 0.5) is 5.69 Å². The fourth-order valence-electron chi connectivity index (χ4n) is 2.28. The summed E-state index contributed by atoms with van der Waals surface area (Å²) in [6.07, 6.45) is 1.26. The van der Waals surface area contributed by atoms with E-state index in [4.69, 9.17) is 0 Å². The van der Waals surface area contributed by atoms with Crippen LogP contribution in [0.1, 0.15) is 45.2 Å². The van der Waals surface area contributed by atoms with Gasteiger partial charge in [-0.3, -0.25) is 0 Å². The van der Waals surface area contributed by atoms with Crippen molar-refractivity contribution in [2.45, 2.75) is 54.0 Å². The molecule has 1 aromatic rings. The molecule has 0 saturated carbocycles. The molecule has 0 aliphatic carbocycles. The predicted octanol–water partition coefficient (Wildman–Crippen LogP) is 4.56. The molecule has 0 aliphatic heterocycles. The third kappa shape index (κ3) is 3.76. The summed E-state index contributed by atoms with van der Waals surface area (Å²) >= 11 is 0. The maximum Gasteiger partial charge on any atom is 0.0427 e. The molecule has 0 atom stereocenters. The lowest BCUT2D eigenvalue weighted by Gasteiger charge is -2.32. The Morgan fingerprint density at radius 1 is 1.00 bits per heavy atom. The molecule has 1 rings (SSSR count). The molecule has 96 valence electrons. The van der Waals surface area contributed by atoms with Gasteiger partial charge in [0, 0.05) is 18.3 Å². The molecular weight excluding hydrogens is 206 g/mol. The van der Waals surface area contributed by atoms with Gasteiger partial charge in [0.15, 0.2) is 0 Å². The summed E-state index contributed by atoms with van der Waals surface area (Å²) in [5.74, 6) is 0.764. The van der Waals surface area contributed by atoms with Gasteiger partial charge >= 0.3 is 0 Å². The van der Waals surface area contributed by atoms with E-state index < -0.39 is 0 Å². The summed E-state index contributed by atoms with van der Waals surface area (Å²) in [5, 5.41) is 0. The minimum absolute atomic E-state index is 0.563. The van der Waals surface area contributed by atoms with E-state index in [9.17, 15) is 0 Å². The van der Waals surface area contributed by atoms with Crippen LogP contribution >= 0.6 is 0 Å². The molecule has 0 heterocycles. The van der Waals surface area contributed by atoms with Crippen LogP contribution in [-0.2, 0) is 0 Å². The quantitative estimate of drug-likeness (QED) is 0.720. The van der Waals surface area contributed by atoms with Crippen molar-refractivity contribution in [3.63, 3.8) is 0 Å². The molecule has 1 heteroatoms. The summed E-state index contributed by atoms with van der Waals surface area (Å²) in [6, 6.07) is 7.14. The average Bonchev–Trinajstić information content (AvgIpc) is 2.21. The molecule has 0 unspecified atom stereocenters. The van der Waals surface area contributed by atoms with Crippen LogP contribution in [0.25, 0.3) is 0 Å². The second kappa shape index (κ2) is 6.09. The van der Waals surface area contributed by atoms with Crippen molar-refractivity contribution in [1.29, 1.82) is 0 Å². The molecule has 0 bridgehead atoms. The largest absolute Gasteiger partial charge is 0.369 e. The van der Waals surface area contributed by atoms with Gasteiger partial charge in [0.2, 0.25) is 0 Å². The summed E-state index contributed by atoms with van der Waals surface area (Å²) < 4.78 is 0. The van der Waals surface area contributed by atoms with Crippen LogP contribution in [0.5, 0.6) is 0 Å². The zero-order valence-electron chi connectivity index (χ0n) is 12.2. The molecule has 0 aromatic heterocycles. The van der Waals surface area contributed by atoms with Gasteiger partial charge < -0.3 is 4.90 Å². The summed E-state index contributed by atoms with van der Waals surface area (Å²) in [7, 11) is 0. The second-order valence-electron chi connectivity index (χ2n) is 5.71. The highest BCUT2D eigenvalue weighted by atomic mass is 15.2. The molecule has 0 fully saturated rings. The maximum atomic E-state index is 2.55. The molecule has 0 saturated heterocycles. The number of rotatable bonds is 5. The Morgan fingerprint density at radius 3 is 1.94 bits per heavy atom. The lowest BCUT2D eigenvalue weighted by Crippen LogP contribution is -2.33. The van der Waals surface area contributed by atoms with Crippen LogP contribution in [0, 0.1) is 19.8 Å². The monoisotopic (exact) mass is 233 g/mol. The molecule has 1 aromatic carbocycles. The Bertz CT molecular complexity index is 332. The first-order valence-corrected chi connectivity index (χ1v) is 6.76. The molecule has 0 N–H and O–H groups in total. The Balaban J connectivity index is 2.97. The average molecular weight is 233 g/mol. The zero-order chi connectivity index (χ0) is 13.0. The highest BCUT2D eigenvalue weighted by Gasteiger charge is 2.15. The fraction of sp³-hybridized carbons (Fsp3) is 0.625. The first-order valence-electron chi connectivity index (χ1n) is 6.76. The molecule has 0 amide bonds. The SMILES string of the molecule is Cc1cccc(C)c1N(CCC(C)C)C(C)C. The van der Waals surface area contributed by atoms with E-state index in [0.717, 1.165) is 12.5 Å². The third-order valence-corrected chi connectivity index (χ3v) is 3.30. The molecular formula is C16H27N. The number of aryl methyl sites for hydroxylation is 2. The van der Waals surface area contributed by atoms with E-state index in [0.29, 0.717) is 6.04 Å². The summed E-state index contributed by atoms with van der Waals surface area (Å²) in [5.41, 5.74) is 4.22. The van der Waals surface area contributed by atoms with Crippen LogP contribution < -0.4 is 4.90 Å². The highest BCUT2D eigenvalue weighted by Crippen LogP contribution is 2.27. The molecule has 0 spiro atoms. The minimum Gasteiger partial charge on any atom is -0.369 e. The first kappa shape index (κ1) is 14.1. The maximum absolute atomic E-state index is 2.55. The first-order chi connectivity index (χ1) is 7.93. The number of hydrogen-bond donors (Lipinski definition) is 0. The van der Waals surface area contributed by atoms with Gasteiger partial charge in [-0.25, -0.2) is 0 Å². The number of benzene rings is 1. The van der Waals surface area contributed by atoms with E-state index in [1.54, 1.807) is 0 Å². The molecule has 1 nitrogen and oxygen atoms in total. The van der Waals surface area contributed by atoms with Crippen molar-refractivity contribution in [1.82, 2.24) is 0 Å². The van der Waals surface area contributed by atoms with Gasteiger partial charge in [0.25, 0.3) is 0 Å². The van der Waals surface area contributed by atoms with Gasteiger partial charge in [-0.05, 0) is 51.2 Å². The van der Waals surface area contributed by atoms with Crippen LogP contribution in [0.3, 0.4) is 0 Å². The van der Waals surface area contributed by atoms with Crippen molar-refractivity contribution >= 4 is 5.69 Å². The summed E-state index contributed by atoms with van der Waals surface area (Å²) in [6.45, 7) is 14.7. The van der Waals surface area contributed by atoms with Gasteiger partial charge in [-0.1, -0.05) is 32.0 Å². The second-order valence-corrected chi connectivity index (χ2v) is 5.71. The van der Waals surface area contributed by atoms with Crippen molar-refractivity contribution in [3.8, 4) is 0 Å². The third-order valence-electron chi connectivity index (χ3n) is 3.30. The number of para-hydroxylation sites is 1. The predicted molar refractivity (Wildman–Crippen MR) is 77.9 cm³/mol. The van der Waals surface area contributed by atoms with Crippen LogP contribution in [-0.4, -0.2) is 12.6 Å². The normalized spacial score (nSPS) is 11.3. The summed E-state index contributed by atoms with van der Waals surface area (Å²) in [4.78, 5) is 2.55. The van der Waals surface area contributed by atoms with E-state index in [2.05, 4.69) is 64.6 Å². The van der Waals surface area contributed by atoms with Crippen LogP contribution in [0.2, 0.25) is 0 Å². The van der Waals surface area contributed by atoms with Crippen molar-refractivity contribution in [2.24, 2.45) is 5.92 Å². The van der Waals surface area contributed by atoms with E-state index in [1.807, 2.05) is 0 Å². The van der Waals surface area contributed by atoms with Gasteiger partial charge in [-0.2, -0.15) is 0 Å². The van der Waals surface area contributed by atoms with E-state index >= 15 is 0 Å². The van der Waals surface area contributed by atoms with Crippen molar-refractivity contribution in [2.75, 3.05) is 11.4 Å². The fourth-order valence-corrected chi connectivity index (χ4v) is 2.28. The van der Waals surface area contributed by atoms with Crippen molar-refractivity contribution < 1.29 is 0 Å². The van der Waals surface area contributed by atoms with Crippen molar-refractivity contribution in [3.05, 3.63) is 29.3 Å². The smallest absolute Gasteiger partial charge is 0.0427 e. The van der Waals surface area contributed by atoms with E-state index in [1.165, 1.54) is 23.2 Å². The number of hydrogen-bond acceptors (Lipinski definition) is 1. The molecule has 17 heavy (non-hydrogen) atoms. The Labute approximate surface area is 107 Å². The topological polar surface area (TPSA) is 3.24 Å². The molecule has 0 radical (unpaired) electrons. The van der Waals surface area contributed by atoms with Crippen LogP contribution in [0.15, 0.2) is 18.2 Å². The number of anilines is 1. The molecule has 0 aliphatic rings. The van der Waals surface area contributed by atoms with Gasteiger partial charge in [-0.15, -0.1) is 0 Å².